The van der Waals surface area contributed by atoms with E-state index in [0.717, 1.165) is 12.3 Å². The summed E-state index contributed by atoms with van der Waals surface area (Å²) in [7, 11) is -3.94. The number of H-pyrrole nitrogens is 1. The van der Waals surface area contributed by atoms with Crippen LogP contribution in [0.5, 0.6) is 0 Å². The summed E-state index contributed by atoms with van der Waals surface area (Å²) in [6.07, 6.45) is 2.48. The van der Waals surface area contributed by atoms with Crippen molar-refractivity contribution in [1.82, 2.24) is 4.98 Å². The van der Waals surface area contributed by atoms with Crippen molar-refractivity contribution in [3.05, 3.63) is 58.5 Å². The van der Waals surface area contributed by atoms with Crippen LogP contribution in [0.3, 0.4) is 0 Å². The first-order chi connectivity index (χ1) is 9.03. The summed E-state index contributed by atoms with van der Waals surface area (Å²) in [5, 5.41) is 8.99. The van der Waals surface area contributed by atoms with E-state index in [0.29, 0.717) is 5.56 Å². The van der Waals surface area contributed by atoms with Crippen molar-refractivity contribution in [3.63, 3.8) is 0 Å². The van der Waals surface area contributed by atoms with E-state index in [9.17, 15) is 13.2 Å². The van der Waals surface area contributed by atoms with Gasteiger partial charge in [0.25, 0.3) is 10.0 Å². The van der Waals surface area contributed by atoms with Gasteiger partial charge in [0.2, 0.25) is 5.43 Å². The van der Waals surface area contributed by atoms with E-state index < -0.39 is 15.5 Å². The van der Waals surface area contributed by atoms with Gasteiger partial charge in [-0.05, 0) is 17.7 Å². The van der Waals surface area contributed by atoms with Gasteiger partial charge in [-0.25, -0.2) is 8.42 Å². The van der Waals surface area contributed by atoms with Gasteiger partial charge in [0.1, 0.15) is 0 Å². The number of hydrogen-bond acceptors (Lipinski definition) is 4. The molecular formula is C12H12N2O4S. The molecule has 0 aliphatic rings. The van der Waals surface area contributed by atoms with E-state index in [1.807, 2.05) is 0 Å². The van der Waals surface area contributed by atoms with Crippen molar-refractivity contribution in [2.75, 3.05) is 4.72 Å². The molecule has 1 heterocycles. The molecule has 3 N–H and O–H groups in total. The van der Waals surface area contributed by atoms with Gasteiger partial charge in [-0.3, -0.25) is 9.52 Å². The minimum atomic E-state index is -3.94. The molecule has 0 saturated carbocycles. The summed E-state index contributed by atoms with van der Waals surface area (Å²) >= 11 is 0. The zero-order chi connectivity index (χ0) is 13.9. The van der Waals surface area contributed by atoms with Crippen LogP contribution in [-0.2, 0) is 16.6 Å². The van der Waals surface area contributed by atoms with Crippen molar-refractivity contribution < 1.29 is 13.5 Å². The molecular weight excluding hydrogens is 268 g/mol. The zero-order valence-electron chi connectivity index (χ0n) is 9.83. The lowest BCUT2D eigenvalue weighted by Gasteiger charge is -2.08. The molecule has 0 aliphatic carbocycles. The molecule has 0 amide bonds. The average molecular weight is 280 g/mol. The van der Waals surface area contributed by atoms with Gasteiger partial charge in [0, 0.05) is 24.1 Å². The molecule has 0 unspecified atom stereocenters. The minimum Gasteiger partial charge on any atom is -0.392 e. The number of pyridine rings is 1. The zero-order valence-corrected chi connectivity index (χ0v) is 10.6. The number of anilines is 1. The van der Waals surface area contributed by atoms with Crippen LogP contribution in [-0.4, -0.2) is 18.5 Å². The van der Waals surface area contributed by atoms with E-state index in [1.165, 1.54) is 18.3 Å². The fourth-order valence-corrected chi connectivity index (χ4v) is 2.66. The number of nitrogens with one attached hydrogen (secondary N) is 2. The summed E-state index contributed by atoms with van der Waals surface area (Å²) in [6.45, 7) is -0.193. The monoisotopic (exact) mass is 280 g/mol. The third-order valence-electron chi connectivity index (χ3n) is 2.44. The first kappa shape index (κ1) is 13.3. The Kier molecular flexibility index (Phi) is 3.68. The molecule has 100 valence electrons. The van der Waals surface area contributed by atoms with Gasteiger partial charge in [-0.15, -0.1) is 0 Å². The third-order valence-corrected chi connectivity index (χ3v) is 3.84. The Balaban J connectivity index is 2.37. The number of sulfonamides is 1. The standard InChI is InChI=1S/C12H12N2O4S/c15-8-9-2-1-3-10(6-9)14-19(17,18)12-7-13-5-4-11(12)16/h1-7,14-15H,8H2,(H,13,16). The van der Waals surface area contributed by atoms with Crippen LogP contribution in [0, 0.1) is 0 Å². The molecule has 2 rings (SSSR count). The molecule has 1 aromatic carbocycles. The highest BCUT2D eigenvalue weighted by molar-refractivity contribution is 7.92. The third kappa shape index (κ3) is 3.01. The maximum absolute atomic E-state index is 12.0. The van der Waals surface area contributed by atoms with E-state index in [4.69, 9.17) is 5.11 Å². The summed E-state index contributed by atoms with van der Waals surface area (Å²) < 4.78 is 26.3. The smallest absolute Gasteiger partial charge is 0.267 e. The maximum atomic E-state index is 12.0. The molecule has 0 spiro atoms. The highest BCUT2D eigenvalue weighted by Gasteiger charge is 2.17. The van der Waals surface area contributed by atoms with E-state index in [1.54, 1.807) is 12.1 Å². The van der Waals surface area contributed by atoms with E-state index in [2.05, 4.69) is 9.71 Å². The first-order valence-electron chi connectivity index (χ1n) is 5.42. The van der Waals surface area contributed by atoms with Gasteiger partial charge in [0.15, 0.2) is 4.90 Å². The predicted octanol–water partition coefficient (Wildman–Crippen LogP) is 0.668. The Morgan fingerprint density at radius 2 is 2.05 bits per heavy atom. The summed E-state index contributed by atoms with van der Waals surface area (Å²) in [6, 6.07) is 7.44. The second-order valence-corrected chi connectivity index (χ2v) is 5.49. The lowest BCUT2D eigenvalue weighted by molar-refractivity contribution is 0.282. The van der Waals surface area contributed by atoms with Crippen LogP contribution in [0.2, 0.25) is 0 Å². The van der Waals surface area contributed by atoms with Crippen LogP contribution in [0.1, 0.15) is 5.56 Å². The Morgan fingerprint density at radius 3 is 2.74 bits per heavy atom. The molecule has 6 nitrogen and oxygen atoms in total. The first-order valence-corrected chi connectivity index (χ1v) is 6.91. The quantitative estimate of drug-likeness (QED) is 0.766. The number of aliphatic hydroxyl groups excluding tert-OH is 1. The second kappa shape index (κ2) is 5.25. The lowest BCUT2D eigenvalue weighted by Crippen LogP contribution is -2.20. The van der Waals surface area contributed by atoms with Gasteiger partial charge in [-0.1, -0.05) is 12.1 Å². The van der Waals surface area contributed by atoms with Crippen LogP contribution in [0.4, 0.5) is 5.69 Å². The van der Waals surface area contributed by atoms with Crippen molar-refractivity contribution in [1.29, 1.82) is 0 Å². The molecule has 0 aliphatic heterocycles. The number of aromatic nitrogens is 1. The maximum Gasteiger partial charge on any atom is 0.267 e. The minimum absolute atomic E-state index is 0.193. The van der Waals surface area contributed by atoms with E-state index in [-0.39, 0.29) is 17.2 Å². The number of rotatable bonds is 4. The van der Waals surface area contributed by atoms with Crippen LogP contribution >= 0.6 is 0 Å². The number of benzene rings is 1. The second-order valence-electron chi connectivity index (χ2n) is 3.84. The lowest BCUT2D eigenvalue weighted by atomic mass is 10.2. The Bertz CT molecular complexity index is 737. The number of aliphatic hydroxyl groups is 1. The van der Waals surface area contributed by atoms with Gasteiger partial charge in [0.05, 0.1) is 6.61 Å². The van der Waals surface area contributed by atoms with Crippen LogP contribution in [0.25, 0.3) is 0 Å². The normalized spacial score (nSPS) is 11.2. The van der Waals surface area contributed by atoms with Crippen LogP contribution in [0.15, 0.2) is 52.4 Å². The molecule has 0 atom stereocenters. The molecule has 0 bridgehead atoms. The largest absolute Gasteiger partial charge is 0.392 e. The Hall–Kier alpha value is -2.12. The molecule has 1 aromatic heterocycles. The van der Waals surface area contributed by atoms with Gasteiger partial charge >= 0.3 is 0 Å². The summed E-state index contributed by atoms with van der Waals surface area (Å²) in [5.74, 6) is 0. The SMILES string of the molecule is O=c1cc[nH]cc1S(=O)(=O)Nc1cccc(CO)c1. The van der Waals surface area contributed by atoms with Crippen molar-refractivity contribution in [3.8, 4) is 0 Å². The number of hydrogen-bond donors (Lipinski definition) is 3. The van der Waals surface area contributed by atoms with Crippen molar-refractivity contribution >= 4 is 15.7 Å². The Labute approximate surface area is 109 Å². The van der Waals surface area contributed by atoms with E-state index >= 15 is 0 Å². The molecule has 19 heavy (non-hydrogen) atoms. The highest BCUT2D eigenvalue weighted by Crippen LogP contribution is 2.14. The van der Waals surface area contributed by atoms with Crippen LogP contribution < -0.4 is 10.2 Å². The fourth-order valence-electron chi connectivity index (χ4n) is 1.55. The van der Waals surface area contributed by atoms with Gasteiger partial charge in [-0.2, -0.15) is 0 Å². The topological polar surface area (TPSA) is 99.3 Å². The van der Waals surface area contributed by atoms with Crippen molar-refractivity contribution in [2.45, 2.75) is 11.5 Å². The number of aromatic amines is 1. The molecule has 0 radical (unpaired) electrons. The summed E-state index contributed by atoms with van der Waals surface area (Å²) in [5.41, 5.74) is 0.265. The molecule has 7 heteroatoms. The average Bonchev–Trinajstić information content (AvgIpc) is 2.38. The molecule has 0 fully saturated rings. The highest BCUT2D eigenvalue weighted by atomic mass is 32.2. The molecule has 2 aromatic rings. The van der Waals surface area contributed by atoms with Gasteiger partial charge < -0.3 is 10.1 Å². The summed E-state index contributed by atoms with van der Waals surface area (Å²) in [4.78, 5) is 13.7. The van der Waals surface area contributed by atoms with Crippen molar-refractivity contribution in [2.24, 2.45) is 0 Å². The predicted molar refractivity (Wildman–Crippen MR) is 70.2 cm³/mol. The Morgan fingerprint density at radius 1 is 1.26 bits per heavy atom. The fraction of sp³-hybridized carbons (Fsp3) is 0.0833. The molecule has 0 saturated heterocycles.